The highest BCUT2D eigenvalue weighted by Gasteiger charge is 2.48. The minimum Gasteiger partial charge on any atom is -0.507 e. The van der Waals surface area contributed by atoms with E-state index in [0.29, 0.717) is 33.6 Å². The van der Waals surface area contributed by atoms with E-state index in [2.05, 4.69) is 39.4 Å². The molecule has 0 bridgehead atoms. The van der Waals surface area contributed by atoms with E-state index in [1.54, 1.807) is 36.4 Å². The van der Waals surface area contributed by atoms with E-state index in [4.69, 9.17) is 4.74 Å². The summed E-state index contributed by atoms with van der Waals surface area (Å²) in [6.07, 6.45) is 3.90. The molecule has 1 aliphatic rings. The van der Waals surface area contributed by atoms with Gasteiger partial charge in [-0.1, -0.05) is 72.0 Å². The van der Waals surface area contributed by atoms with Crippen LogP contribution in [0.2, 0.25) is 0 Å². The molecule has 8 nitrogen and oxygen atoms in total. The minimum absolute atomic E-state index is 0.0162. The molecule has 5 rings (SSSR count). The maximum Gasteiger partial charge on any atom is 0.301 e. The maximum absolute atomic E-state index is 13.4. The highest BCUT2D eigenvalue weighted by molar-refractivity contribution is 8.00. The van der Waals surface area contributed by atoms with E-state index in [0.717, 1.165) is 12.0 Å². The predicted molar refractivity (Wildman–Crippen MR) is 152 cm³/mol. The van der Waals surface area contributed by atoms with Gasteiger partial charge in [-0.15, -0.1) is 10.2 Å². The molecule has 1 aliphatic heterocycles. The Balaban J connectivity index is 1.51. The Hall–Kier alpha value is -4.02. The van der Waals surface area contributed by atoms with Crippen LogP contribution in [0.4, 0.5) is 5.13 Å². The van der Waals surface area contributed by atoms with Crippen LogP contribution in [0.15, 0.2) is 83.0 Å². The Labute approximate surface area is 234 Å². The molecule has 0 spiro atoms. The summed E-state index contributed by atoms with van der Waals surface area (Å²) < 4.78 is 6.37. The molecule has 0 aliphatic carbocycles. The lowest BCUT2D eigenvalue weighted by molar-refractivity contribution is -0.132. The van der Waals surface area contributed by atoms with Gasteiger partial charge in [0.05, 0.1) is 18.2 Å². The van der Waals surface area contributed by atoms with Crippen molar-refractivity contribution in [1.29, 1.82) is 0 Å². The summed E-state index contributed by atoms with van der Waals surface area (Å²) in [5.41, 5.74) is 3.34. The molecular weight excluding hydrogens is 532 g/mol. The fourth-order valence-electron chi connectivity index (χ4n) is 4.16. The van der Waals surface area contributed by atoms with Gasteiger partial charge >= 0.3 is 5.91 Å². The molecule has 1 fully saturated rings. The van der Waals surface area contributed by atoms with Crippen molar-refractivity contribution in [2.24, 2.45) is 0 Å². The number of pyridine rings is 1. The number of amides is 1. The smallest absolute Gasteiger partial charge is 0.301 e. The second kappa shape index (κ2) is 11.8. The second-order valence-electron chi connectivity index (χ2n) is 8.95. The molecule has 10 heteroatoms. The number of hydrogen-bond acceptors (Lipinski definition) is 9. The molecule has 1 amide bonds. The average molecular weight is 559 g/mol. The molecular formula is C29H26N4O4S2. The molecule has 2 aromatic heterocycles. The zero-order valence-corrected chi connectivity index (χ0v) is 23.0. The van der Waals surface area contributed by atoms with Crippen molar-refractivity contribution in [2.75, 3.05) is 11.5 Å². The minimum atomic E-state index is -0.888. The van der Waals surface area contributed by atoms with Crippen LogP contribution < -0.4 is 9.64 Å². The molecule has 39 heavy (non-hydrogen) atoms. The molecule has 3 heterocycles. The Morgan fingerprint density at radius 2 is 1.74 bits per heavy atom. The van der Waals surface area contributed by atoms with E-state index in [1.807, 2.05) is 13.8 Å². The maximum atomic E-state index is 13.4. The van der Waals surface area contributed by atoms with Gasteiger partial charge in [0.2, 0.25) is 5.13 Å². The van der Waals surface area contributed by atoms with E-state index < -0.39 is 17.7 Å². The summed E-state index contributed by atoms with van der Waals surface area (Å²) in [7, 11) is 0. The first-order valence-electron chi connectivity index (χ1n) is 12.4. The molecule has 1 saturated heterocycles. The molecule has 198 valence electrons. The number of aliphatic hydroxyl groups excluding tert-OH is 1. The third-order valence-corrected chi connectivity index (χ3v) is 8.28. The van der Waals surface area contributed by atoms with Crippen LogP contribution in [0.25, 0.3) is 5.76 Å². The number of ketones is 1. The Bertz CT molecular complexity index is 1500. The lowest BCUT2D eigenvalue weighted by atomic mass is 9.95. The molecule has 2 aromatic carbocycles. The van der Waals surface area contributed by atoms with E-state index in [1.165, 1.54) is 46.0 Å². The SMILES string of the molecule is CCCOc1ccc(C2C(=C(O)c3ccncc3)C(=O)C(=O)N2c2nnc(SCc3ccc(C)cc3)s2)cc1. The monoisotopic (exact) mass is 558 g/mol. The van der Waals surface area contributed by atoms with Gasteiger partial charge in [0, 0.05) is 23.7 Å². The number of thioether (sulfide) groups is 1. The number of rotatable bonds is 9. The fraction of sp³-hybridized carbons (Fsp3) is 0.207. The normalized spacial score (nSPS) is 16.6. The molecule has 0 saturated carbocycles. The number of aliphatic hydroxyl groups is 1. The Morgan fingerprint density at radius 3 is 2.44 bits per heavy atom. The summed E-state index contributed by atoms with van der Waals surface area (Å²) in [5.74, 6) is -0.457. The van der Waals surface area contributed by atoms with Crippen LogP contribution in [-0.2, 0) is 15.3 Å². The molecule has 1 atom stereocenters. The number of Topliss-reactive ketones (excluding diaryl/α,β-unsaturated/α-hetero) is 1. The van der Waals surface area contributed by atoms with Crippen LogP contribution in [0.5, 0.6) is 5.75 Å². The first-order valence-corrected chi connectivity index (χ1v) is 14.2. The summed E-state index contributed by atoms with van der Waals surface area (Å²) in [6.45, 7) is 4.64. The van der Waals surface area contributed by atoms with Crippen LogP contribution >= 0.6 is 23.1 Å². The lowest BCUT2D eigenvalue weighted by Crippen LogP contribution is -2.29. The number of nitrogens with zero attached hydrogens (tertiary/aromatic N) is 4. The van der Waals surface area contributed by atoms with Gasteiger partial charge in [0.1, 0.15) is 11.5 Å². The summed E-state index contributed by atoms with van der Waals surface area (Å²) in [6, 6.07) is 17.7. The van der Waals surface area contributed by atoms with Crippen LogP contribution in [0, 0.1) is 6.92 Å². The van der Waals surface area contributed by atoms with Gasteiger partial charge < -0.3 is 9.84 Å². The van der Waals surface area contributed by atoms with Gasteiger partial charge in [-0.05, 0) is 48.7 Å². The summed E-state index contributed by atoms with van der Waals surface area (Å²) in [5, 5.41) is 20.0. The highest BCUT2D eigenvalue weighted by atomic mass is 32.2. The number of carbonyl (C=O) groups excluding carboxylic acids is 2. The topological polar surface area (TPSA) is 106 Å². The van der Waals surface area contributed by atoms with E-state index >= 15 is 0 Å². The molecule has 0 radical (unpaired) electrons. The highest BCUT2D eigenvalue weighted by Crippen LogP contribution is 2.44. The van der Waals surface area contributed by atoms with Crippen molar-refractivity contribution < 1.29 is 19.4 Å². The quantitative estimate of drug-likeness (QED) is 0.0884. The third kappa shape index (κ3) is 5.71. The van der Waals surface area contributed by atoms with Crippen LogP contribution in [0.1, 0.15) is 41.6 Å². The van der Waals surface area contributed by atoms with Gasteiger partial charge in [-0.3, -0.25) is 19.5 Å². The van der Waals surface area contributed by atoms with Gasteiger partial charge in [-0.2, -0.15) is 0 Å². The second-order valence-corrected chi connectivity index (χ2v) is 11.1. The molecule has 4 aromatic rings. The van der Waals surface area contributed by atoms with Crippen LogP contribution in [0.3, 0.4) is 0 Å². The van der Waals surface area contributed by atoms with Crippen molar-refractivity contribution in [1.82, 2.24) is 15.2 Å². The Kier molecular flexibility index (Phi) is 8.04. The fourth-order valence-corrected chi connectivity index (χ4v) is 5.99. The Morgan fingerprint density at radius 1 is 1.03 bits per heavy atom. The van der Waals surface area contributed by atoms with Gasteiger partial charge in [0.15, 0.2) is 4.34 Å². The number of aryl methyl sites for hydroxylation is 1. The average Bonchev–Trinajstić information content (AvgIpc) is 3.54. The van der Waals surface area contributed by atoms with Crippen molar-refractivity contribution in [2.45, 2.75) is 36.4 Å². The first-order chi connectivity index (χ1) is 19.0. The van der Waals surface area contributed by atoms with Crippen molar-refractivity contribution in [3.63, 3.8) is 0 Å². The molecule has 1 N–H and O–H groups in total. The summed E-state index contributed by atoms with van der Waals surface area (Å²) in [4.78, 5) is 32.0. The number of hydrogen-bond donors (Lipinski definition) is 1. The van der Waals surface area contributed by atoms with E-state index in [9.17, 15) is 14.7 Å². The standard InChI is InChI=1S/C29H26N4O4S2/c1-3-16-37-22-10-8-20(9-11-22)24-23(25(34)21-12-14-30-15-13-21)26(35)27(36)33(24)28-31-32-29(39-28)38-17-19-6-4-18(2)5-7-19/h4-15,24,34H,3,16-17H2,1-2H3. The largest absolute Gasteiger partial charge is 0.507 e. The van der Waals surface area contributed by atoms with Crippen molar-refractivity contribution >= 4 is 45.7 Å². The number of aromatic nitrogens is 3. The number of carbonyl (C=O) groups is 2. The number of ether oxygens (including phenoxy) is 1. The third-order valence-electron chi connectivity index (χ3n) is 6.15. The van der Waals surface area contributed by atoms with Crippen LogP contribution in [-0.4, -0.2) is 38.6 Å². The predicted octanol–water partition coefficient (Wildman–Crippen LogP) is 5.95. The van der Waals surface area contributed by atoms with Crippen molar-refractivity contribution in [3.8, 4) is 5.75 Å². The first kappa shape index (κ1) is 26.6. The van der Waals surface area contributed by atoms with Crippen molar-refractivity contribution in [3.05, 3.63) is 101 Å². The van der Waals surface area contributed by atoms with Gasteiger partial charge in [-0.25, -0.2) is 0 Å². The number of benzene rings is 2. The summed E-state index contributed by atoms with van der Waals surface area (Å²) >= 11 is 2.74. The zero-order chi connectivity index (χ0) is 27.4. The molecule has 1 unspecified atom stereocenters. The lowest BCUT2D eigenvalue weighted by Gasteiger charge is -2.22. The van der Waals surface area contributed by atoms with E-state index in [-0.39, 0.29) is 16.5 Å². The number of anilines is 1. The zero-order valence-electron chi connectivity index (χ0n) is 21.4. The van der Waals surface area contributed by atoms with Gasteiger partial charge in [0.25, 0.3) is 5.78 Å².